The minimum Gasteiger partial charge on any atom is -0.350 e. The molecule has 20 heavy (non-hydrogen) atoms. The second-order valence-corrected chi connectivity index (χ2v) is 8.34. The molecule has 0 spiro atoms. The van der Waals surface area contributed by atoms with Crippen LogP contribution < -0.4 is 5.32 Å². The molecule has 4 heteroatoms. The van der Waals surface area contributed by atoms with E-state index < -0.39 is 0 Å². The topological polar surface area (TPSA) is 42.0 Å². The zero-order valence-corrected chi connectivity index (χ0v) is 12.8. The molecule has 1 aromatic rings. The summed E-state index contributed by atoms with van der Waals surface area (Å²) in [6.45, 7) is 1.99. The van der Waals surface area contributed by atoms with Crippen molar-refractivity contribution >= 4 is 17.2 Å². The van der Waals surface area contributed by atoms with Crippen LogP contribution in [0.4, 0.5) is 0 Å². The number of nitrogens with zero attached hydrogens (tertiary/aromatic N) is 1. The van der Waals surface area contributed by atoms with E-state index in [-0.39, 0.29) is 11.4 Å². The molecule has 4 aliphatic carbocycles. The third-order valence-electron chi connectivity index (χ3n) is 5.45. The summed E-state index contributed by atoms with van der Waals surface area (Å²) in [6, 6.07) is 0. The summed E-state index contributed by atoms with van der Waals surface area (Å²) in [5.41, 5.74) is 1.06. The summed E-state index contributed by atoms with van der Waals surface area (Å²) in [7, 11) is 0. The van der Waals surface area contributed by atoms with E-state index in [9.17, 15) is 4.79 Å². The Balaban J connectivity index is 1.44. The minimum absolute atomic E-state index is 0.136. The zero-order valence-electron chi connectivity index (χ0n) is 12.0. The Kier molecular flexibility index (Phi) is 2.92. The summed E-state index contributed by atoms with van der Waals surface area (Å²) in [5, 5.41) is 6.46. The lowest BCUT2D eigenvalue weighted by atomic mass is 9.53. The van der Waals surface area contributed by atoms with Crippen LogP contribution in [-0.2, 0) is 11.2 Å². The average molecular weight is 290 g/mol. The third kappa shape index (κ3) is 2.28. The fourth-order valence-corrected chi connectivity index (χ4v) is 5.87. The Morgan fingerprint density at radius 2 is 1.90 bits per heavy atom. The highest BCUT2D eigenvalue weighted by molar-refractivity contribution is 7.09. The van der Waals surface area contributed by atoms with Crippen LogP contribution in [0.2, 0.25) is 0 Å². The fourth-order valence-electron chi connectivity index (χ4n) is 5.26. The molecule has 4 saturated carbocycles. The lowest BCUT2D eigenvalue weighted by Gasteiger charge is -2.56. The van der Waals surface area contributed by atoms with E-state index in [1.807, 2.05) is 12.3 Å². The number of aromatic nitrogens is 1. The monoisotopic (exact) mass is 290 g/mol. The van der Waals surface area contributed by atoms with Gasteiger partial charge in [0.1, 0.15) is 0 Å². The Labute approximate surface area is 124 Å². The van der Waals surface area contributed by atoms with Gasteiger partial charge < -0.3 is 5.32 Å². The summed E-state index contributed by atoms with van der Waals surface area (Å²) in [4.78, 5) is 16.8. The van der Waals surface area contributed by atoms with Crippen molar-refractivity contribution in [3.63, 3.8) is 0 Å². The van der Waals surface area contributed by atoms with Gasteiger partial charge in [0, 0.05) is 10.9 Å². The molecule has 3 nitrogen and oxygen atoms in total. The fraction of sp³-hybridized carbons (Fsp3) is 0.750. The standard InChI is InChI=1S/C16H22N2OS/c1-10-17-14(9-20-10)5-15(19)18-16-6-11-2-12(7-16)4-13(3-11)8-16/h9,11-13H,2-8H2,1H3,(H,18,19). The van der Waals surface area contributed by atoms with Gasteiger partial charge in [0.25, 0.3) is 0 Å². The first-order valence-electron chi connectivity index (χ1n) is 7.82. The van der Waals surface area contributed by atoms with E-state index in [0.717, 1.165) is 28.5 Å². The van der Waals surface area contributed by atoms with Gasteiger partial charge in [-0.1, -0.05) is 0 Å². The number of hydrogen-bond donors (Lipinski definition) is 1. The highest BCUT2D eigenvalue weighted by Gasteiger charge is 2.51. The molecule has 0 aliphatic heterocycles. The van der Waals surface area contributed by atoms with Crippen molar-refractivity contribution in [1.29, 1.82) is 0 Å². The molecule has 4 fully saturated rings. The molecule has 4 bridgehead atoms. The van der Waals surface area contributed by atoms with Crippen LogP contribution in [0.3, 0.4) is 0 Å². The van der Waals surface area contributed by atoms with Gasteiger partial charge in [-0.25, -0.2) is 4.98 Å². The summed E-state index contributed by atoms with van der Waals surface area (Å²) < 4.78 is 0. The Morgan fingerprint density at radius 3 is 2.40 bits per heavy atom. The van der Waals surface area contributed by atoms with Gasteiger partial charge in [0.15, 0.2) is 0 Å². The molecule has 1 N–H and O–H groups in total. The molecule has 0 unspecified atom stereocenters. The number of rotatable bonds is 3. The maximum atomic E-state index is 12.4. The number of amides is 1. The van der Waals surface area contributed by atoms with Gasteiger partial charge in [-0.05, 0) is 63.2 Å². The quantitative estimate of drug-likeness (QED) is 0.929. The summed E-state index contributed by atoms with van der Waals surface area (Å²) in [6.07, 6.45) is 8.37. The van der Waals surface area contributed by atoms with Crippen LogP contribution in [0.1, 0.15) is 49.2 Å². The van der Waals surface area contributed by atoms with E-state index in [4.69, 9.17) is 0 Å². The van der Waals surface area contributed by atoms with Gasteiger partial charge in [-0.15, -0.1) is 11.3 Å². The molecule has 0 atom stereocenters. The van der Waals surface area contributed by atoms with Gasteiger partial charge in [-0.3, -0.25) is 4.79 Å². The van der Waals surface area contributed by atoms with E-state index >= 15 is 0 Å². The molecular weight excluding hydrogens is 268 g/mol. The van der Waals surface area contributed by atoms with Crippen LogP contribution in [0.5, 0.6) is 0 Å². The van der Waals surface area contributed by atoms with E-state index in [0.29, 0.717) is 6.42 Å². The molecule has 1 aromatic heterocycles. The third-order valence-corrected chi connectivity index (χ3v) is 6.27. The number of carbonyl (C=O) groups excluding carboxylic acids is 1. The summed E-state index contributed by atoms with van der Waals surface area (Å²) >= 11 is 1.63. The number of aryl methyl sites for hydroxylation is 1. The van der Waals surface area contributed by atoms with Crippen LogP contribution in [0.25, 0.3) is 0 Å². The van der Waals surface area contributed by atoms with Crippen LogP contribution in [-0.4, -0.2) is 16.4 Å². The van der Waals surface area contributed by atoms with Crippen LogP contribution >= 0.6 is 11.3 Å². The zero-order chi connectivity index (χ0) is 13.7. The number of thiazole rings is 1. The normalized spacial score (nSPS) is 38.1. The number of nitrogens with one attached hydrogen (secondary N) is 1. The molecular formula is C16H22N2OS. The largest absolute Gasteiger partial charge is 0.350 e. The molecule has 0 saturated heterocycles. The van der Waals surface area contributed by atoms with Crippen molar-refractivity contribution in [1.82, 2.24) is 10.3 Å². The first-order valence-corrected chi connectivity index (χ1v) is 8.70. The number of carbonyl (C=O) groups is 1. The van der Waals surface area contributed by atoms with Crippen molar-refractivity contribution in [2.45, 2.75) is 57.4 Å². The average Bonchev–Trinajstić information content (AvgIpc) is 2.71. The Hall–Kier alpha value is -0.900. The van der Waals surface area contributed by atoms with Crippen LogP contribution in [0, 0.1) is 24.7 Å². The SMILES string of the molecule is Cc1nc(CC(=O)NC23CC4CC(CC(C4)C2)C3)cs1. The molecule has 108 valence electrons. The highest BCUT2D eigenvalue weighted by Crippen LogP contribution is 2.55. The first kappa shape index (κ1) is 12.8. The second kappa shape index (κ2) is 4.55. The van der Waals surface area contributed by atoms with Crippen molar-refractivity contribution in [3.05, 3.63) is 16.1 Å². The number of hydrogen-bond acceptors (Lipinski definition) is 3. The van der Waals surface area contributed by atoms with Gasteiger partial charge in [-0.2, -0.15) is 0 Å². The maximum Gasteiger partial charge on any atom is 0.226 e. The van der Waals surface area contributed by atoms with Crippen molar-refractivity contribution in [3.8, 4) is 0 Å². The smallest absolute Gasteiger partial charge is 0.226 e. The minimum atomic E-state index is 0.136. The van der Waals surface area contributed by atoms with Crippen molar-refractivity contribution in [2.75, 3.05) is 0 Å². The summed E-state index contributed by atoms with van der Waals surface area (Å²) in [5.74, 6) is 2.81. The lowest BCUT2D eigenvalue weighted by Crippen LogP contribution is -2.60. The Morgan fingerprint density at radius 1 is 1.30 bits per heavy atom. The lowest BCUT2D eigenvalue weighted by molar-refractivity contribution is -0.126. The molecule has 4 aliphatic rings. The predicted octanol–water partition coefficient (Wildman–Crippen LogP) is 3.08. The van der Waals surface area contributed by atoms with Crippen molar-refractivity contribution < 1.29 is 4.79 Å². The van der Waals surface area contributed by atoms with Gasteiger partial charge in [0.2, 0.25) is 5.91 Å². The second-order valence-electron chi connectivity index (χ2n) is 7.28. The molecule has 0 aromatic carbocycles. The predicted molar refractivity (Wildman–Crippen MR) is 79.6 cm³/mol. The van der Waals surface area contributed by atoms with E-state index in [2.05, 4.69) is 10.3 Å². The van der Waals surface area contributed by atoms with Crippen molar-refractivity contribution in [2.24, 2.45) is 17.8 Å². The molecule has 0 radical (unpaired) electrons. The van der Waals surface area contributed by atoms with Crippen LogP contribution in [0.15, 0.2) is 5.38 Å². The molecule has 1 amide bonds. The van der Waals surface area contributed by atoms with Gasteiger partial charge in [0.05, 0.1) is 17.1 Å². The highest BCUT2D eigenvalue weighted by atomic mass is 32.1. The molecule has 1 heterocycles. The van der Waals surface area contributed by atoms with E-state index in [1.165, 1.54) is 38.5 Å². The van der Waals surface area contributed by atoms with E-state index in [1.54, 1.807) is 11.3 Å². The maximum absolute atomic E-state index is 12.4. The molecule has 5 rings (SSSR count). The van der Waals surface area contributed by atoms with Gasteiger partial charge >= 0.3 is 0 Å². The Bertz CT molecular complexity index is 501. The first-order chi connectivity index (χ1) is 9.60.